The molecule has 2 aromatic rings. The van der Waals surface area contributed by atoms with E-state index in [4.69, 9.17) is 5.73 Å². The minimum absolute atomic E-state index is 0.213. The van der Waals surface area contributed by atoms with E-state index >= 15 is 0 Å². The first kappa shape index (κ1) is 12.0. The molecule has 0 aromatic carbocycles. The number of imidazole rings is 1. The highest BCUT2D eigenvalue weighted by Crippen LogP contribution is 2.29. The zero-order chi connectivity index (χ0) is 12.6. The molecule has 0 aliphatic carbocycles. The van der Waals surface area contributed by atoms with Gasteiger partial charge in [0.25, 0.3) is 0 Å². The van der Waals surface area contributed by atoms with Crippen LogP contribution in [0.25, 0.3) is 0 Å². The summed E-state index contributed by atoms with van der Waals surface area (Å²) in [6, 6.07) is 2.43. The lowest BCUT2D eigenvalue weighted by molar-refractivity contribution is 0.874. The van der Waals surface area contributed by atoms with Crippen molar-refractivity contribution in [1.82, 2.24) is 9.97 Å². The normalized spacial score (nSPS) is 12.7. The molecule has 2 rings (SSSR count). The second kappa shape index (κ2) is 4.41. The van der Waals surface area contributed by atoms with Crippen molar-refractivity contribution >= 4 is 23.0 Å². The van der Waals surface area contributed by atoms with Gasteiger partial charge in [0.2, 0.25) is 0 Å². The Kier molecular flexibility index (Phi) is 3.11. The van der Waals surface area contributed by atoms with Gasteiger partial charge in [-0.1, -0.05) is 0 Å². The van der Waals surface area contributed by atoms with E-state index in [0.29, 0.717) is 5.82 Å². The summed E-state index contributed by atoms with van der Waals surface area (Å²) < 4.78 is 0. The van der Waals surface area contributed by atoms with Crippen molar-refractivity contribution < 1.29 is 0 Å². The Morgan fingerprint density at radius 2 is 2.12 bits per heavy atom. The predicted molar refractivity (Wildman–Crippen MR) is 73.6 cm³/mol. The molecule has 1 atom stereocenters. The highest BCUT2D eigenvalue weighted by atomic mass is 32.1. The molecule has 1 unspecified atom stereocenters. The summed E-state index contributed by atoms with van der Waals surface area (Å²) in [7, 11) is 0. The molecule has 5 heteroatoms. The highest BCUT2D eigenvalue weighted by molar-refractivity contribution is 7.12. The van der Waals surface area contributed by atoms with Crippen LogP contribution in [-0.4, -0.2) is 9.97 Å². The molecule has 0 bridgehead atoms. The molecular weight excluding hydrogens is 232 g/mol. The number of hydrogen-bond acceptors (Lipinski definition) is 4. The quantitative estimate of drug-likeness (QED) is 0.784. The molecule has 0 radical (unpaired) electrons. The van der Waals surface area contributed by atoms with Gasteiger partial charge in [-0.3, -0.25) is 0 Å². The average molecular weight is 250 g/mol. The molecule has 2 aromatic heterocycles. The van der Waals surface area contributed by atoms with Crippen LogP contribution in [0.15, 0.2) is 6.07 Å². The Hall–Kier alpha value is -1.49. The van der Waals surface area contributed by atoms with E-state index < -0.39 is 0 Å². The van der Waals surface area contributed by atoms with Crippen LogP contribution in [0.2, 0.25) is 0 Å². The van der Waals surface area contributed by atoms with E-state index in [1.807, 2.05) is 18.3 Å². The fourth-order valence-corrected chi connectivity index (χ4v) is 3.01. The predicted octanol–water partition coefficient (Wildman–Crippen LogP) is 3.15. The van der Waals surface area contributed by atoms with E-state index in [0.717, 1.165) is 11.6 Å². The van der Waals surface area contributed by atoms with Crippen LogP contribution in [0, 0.1) is 20.8 Å². The van der Waals surface area contributed by atoms with Crippen LogP contribution >= 0.6 is 11.3 Å². The van der Waals surface area contributed by atoms with Crippen molar-refractivity contribution in [3.63, 3.8) is 0 Å². The van der Waals surface area contributed by atoms with Crippen molar-refractivity contribution in [3.8, 4) is 0 Å². The molecule has 0 saturated carbocycles. The Bertz CT molecular complexity index is 527. The van der Waals surface area contributed by atoms with Gasteiger partial charge in [-0.2, -0.15) is 0 Å². The van der Waals surface area contributed by atoms with Gasteiger partial charge in [-0.15, -0.1) is 11.3 Å². The SMILES string of the molecule is Cc1nc(NC(C)c2cc(C)sc2C)c(N)[nH]1. The molecule has 0 fully saturated rings. The molecule has 17 heavy (non-hydrogen) atoms. The third-order valence-electron chi connectivity index (χ3n) is 2.75. The Labute approximate surface area is 105 Å². The van der Waals surface area contributed by atoms with Gasteiger partial charge >= 0.3 is 0 Å². The number of nitrogens with one attached hydrogen (secondary N) is 2. The van der Waals surface area contributed by atoms with E-state index in [1.165, 1.54) is 15.3 Å². The van der Waals surface area contributed by atoms with Crippen molar-refractivity contribution in [3.05, 3.63) is 27.2 Å². The number of anilines is 2. The lowest BCUT2D eigenvalue weighted by Gasteiger charge is -2.13. The number of H-pyrrole nitrogens is 1. The first-order valence-corrected chi connectivity index (χ1v) is 6.44. The second-order valence-corrected chi connectivity index (χ2v) is 5.78. The standard InChI is InChI=1S/C12H18N4S/c1-6-5-10(8(3)17-6)7(2)14-12-11(13)15-9(4)16-12/h5,7,14H,13H2,1-4H3,(H,15,16). The molecule has 0 saturated heterocycles. The molecule has 4 N–H and O–H groups in total. The number of nitrogens with zero attached hydrogens (tertiary/aromatic N) is 1. The number of nitrogens with two attached hydrogens (primary N) is 1. The molecular formula is C12H18N4S. The summed E-state index contributed by atoms with van der Waals surface area (Å²) in [5.74, 6) is 2.16. The number of aryl methyl sites for hydroxylation is 3. The first-order valence-electron chi connectivity index (χ1n) is 5.63. The van der Waals surface area contributed by atoms with Gasteiger partial charge in [0.05, 0.1) is 6.04 Å². The van der Waals surface area contributed by atoms with Gasteiger partial charge < -0.3 is 16.0 Å². The first-order chi connectivity index (χ1) is 7.97. The maximum absolute atomic E-state index is 5.83. The zero-order valence-electron chi connectivity index (χ0n) is 10.6. The van der Waals surface area contributed by atoms with Gasteiger partial charge in [0.1, 0.15) is 11.6 Å². The lowest BCUT2D eigenvalue weighted by Crippen LogP contribution is -2.08. The van der Waals surface area contributed by atoms with Crippen molar-refractivity contribution in [2.75, 3.05) is 11.1 Å². The van der Waals surface area contributed by atoms with Crippen molar-refractivity contribution in [2.24, 2.45) is 0 Å². The summed E-state index contributed by atoms with van der Waals surface area (Å²) in [5.41, 5.74) is 7.15. The minimum Gasteiger partial charge on any atom is -0.382 e. The Morgan fingerprint density at radius 1 is 1.41 bits per heavy atom. The van der Waals surface area contributed by atoms with E-state index in [-0.39, 0.29) is 6.04 Å². The highest BCUT2D eigenvalue weighted by Gasteiger charge is 2.13. The Balaban J connectivity index is 2.19. The smallest absolute Gasteiger partial charge is 0.169 e. The molecule has 0 aliphatic rings. The summed E-state index contributed by atoms with van der Waals surface area (Å²) in [4.78, 5) is 9.99. The third-order valence-corrected chi connectivity index (χ3v) is 3.73. The van der Waals surface area contributed by atoms with E-state index in [1.54, 1.807) is 0 Å². The molecule has 0 amide bonds. The Morgan fingerprint density at radius 3 is 2.59 bits per heavy atom. The van der Waals surface area contributed by atoms with Crippen LogP contribution in [0.4, 0.5) is 11.6 Å². The van der Waals surface area contributed by atoms with Crippen LogP contribution in [0.3, 0.4) is 0 Å². The second-order valence-electron chi connectivity index (χ2n) is 4.32. The third kappa shape index (κ3) is 2.44. The summed E-state index contributed by atoms with van der Waals surface area (Å²) in [6.07, 6.45) is 0. The van der Waals surface area contributed by atoms with Gasteiger partial charge in [-0.05, 0) is 39.3 Å². The lowest BCUT2D eigenvalue weighted by atomic mass is 10.1. The fourth-order valence-electron chi connectivity index (χ4n) is 1.98. The maximum atomic E-state index is 5.83. The number of aromatic nitrogens is 2. The zero-order valence-corrected chi connectivity index (χ0v) is 11.4. The van der Waals surface area contributed by atoms with Crippen LogP contribution in [0.5, 0.6) is 0 Å². The topological polar surface area (TPSA) is 66.7 Å². The summed E-state index contributed by atoms with van der Waals surface area (Å²) >= 11 is 1.82. The monoisotopic (exact) mass is 250 g/mol. The number of aromatic amines is 1. The van der Waals surface area contributed by atoms with Gasteiger partial charge in [-0.25, -0.2) is 4.98 Å². The molecule has 0 spiro atoms. The van der Waals surface area contributed by atoms with Crippen molar-refractivity contribution in [1.29, 1.82) is 0 Å². The maximum Gasteiger partial charge on any atom is 0.169 e. The van der Waals surface area contributed by atoms with E-state index in [2.05, 4.69) is 42.1 Å². The van der Waals surface area contributed by atoms with Gasteiger partial charge in [0.15, 0.2) is 5.82 Å². The summed E-state index contributed by atoms with van der Waals surface area (Å²) in [5, 5.41) is 3.34. The van der Waals surface area contributed by atoms with Crippen LogP contribution < -0.4 is 11.1 Å². The van der Waals surface area contributed by atoms with Gasteiger partial charge in [0, 0.05) is 9.75 Å². The fraction of sp³-hybridized carbons (Fsp3) is 0.417. The number of hydrogen-bond donors (Lipinski definition) is 3. The molecule has 2 heterocycles. The largest absolute Gasteiger partial charge is 0.382 e. The number of thiophene rings is 1. The number of nitrogen functional groups attached to an aromatic ring is 1. The van der Waals surface area contributed by atoms with E-state index in [9.17, 15) is 0 Å². The average Bonchev–Trinajstić information content (AvgIpc) is 2.70. The van der Waals surface area contributed by atoms with Crippen LogP contribution in [-0.2, 0) is 0 Å². The number of rotatable bonds is 3. The molecule has 92 valence electrons. The summed E-state index contributed by atoms with van der Waals surface area (Å²) in [6.45, 7) is 8.29. The molecule has 4 nitrogen and oxygen atoms in total. The minimum atomic E-state index is 0.213. The molecule has 0 aliphatic heterocycles. The van der Waals surface area contributed by atoms with Crippen LogP contribution in [0.1, 0.15) is 34.1 Å². The van der Waals surface area contributed by atoms with Crippen molar-refractivity contribution in [2.45, 2.75) is 33.7 Å².